The Hall–Kier alpha value is -2.69. The van der Waals surface area contributed by atoms with Crippen molar-refractivity contribution >= 4 is 11.0 Å². The van der Waals surface area contributed by atoms with Gasteiger partial charge >= 0.3 is 5.69 Å². The number of para-hydroxylation sites is 2. The summed E-state index contributed by atoms with van der Waals surface area (Å²) in [6.07, 6.45) is 0. The molecule has 0 atom stereocenters. The Morgan fingerprint density at radius 3 is 2.70 bits per heavy atom. The third-order valence-electron chi connectivity index (χ3n) is 3.37. The first-order chi connectivity index (χ1) is 9.83. The van der Waals surface area contributed by atoms with Gasteiger partial charge in [0.1, 0.15) is 13.2 Å². The van der Waals surface area contributed by atoms with Crippen molar-refractivity contribution in [3.05, 3.63) is 52.9 Å². The molecular weight excluding hydrogens is 256 g/mol. The molecule has 0 saturated heterocycles. The lowest BCUT2D eigenvalue weighted by Crippen LogP contribution is -2.17. The Morgan fingerprint density at radius 1 is 1.00 bits per heavy atom. The van der Waals surface area contributed by atoms with Crippen LogP contribution in [0.15, 0.2) is 47.3 Å². The van der Waals surface area contributed by atoms with Gasteiger partial charge in [0.25, 0.3) is 0 Å². The number of hydrogen-bond donors (Lipinski definition) is 1. The largest absolute Gasteiger partial charge is 0.486 e. The third kappa shape index (κ3) is 1.60. The molecule has 0 bridgehead atoms. The van der Waals surface area contributed by atoms with Crippen molar-refractivity contribution in [3.63, 3.8) is 0 Å². The van der Waals surface area contributed by atoms with Crippen LogP contribution in [0.1, 0.15) is 0 Å². The number of hydrogen-bond acceptors (Lipinski definition) is 3. The number of ether oxygens (including phenoxy) is 2. The molecule has 1 aliphatic heterocycles. The molecule has 2 heterocycles. The van der Waals surface area contributed by atoms with Crippen LogP contribution in [-0.4, -0.2) is 22.8 Å². The van der Waals surface area contributed by atoms with Crippen molar-refractivity contribution in [2.45, 2.75) is 0 Å². The Kier molecular flexibility index (Phi) is 2.32. The van der Waals surface area contributed by atoms with Gasteiger partial charge in [-0.25, -0.2) is 4.79 Å². The van der Waals surface area contributed by atoms with Crippen molar-refractivity contribution in [1.82, 2.24) is 9.55 Å². The third-order valence-corrected chi connectivity index (χ3v) is 3.37. The normalized spacial score (nSPS) is 13.6. The maximum absolute atomic E-state index is 12.1. The van der Waals surface area contributed by atoms with E-state index in [4.69, 9.17) is 9.47 Å². The first kappa shape index (κ1) is 11.2. The zero-order valence-corrected chi connectivity index (χ0v) is 10.6. The van der Waals surface area contributed by atoms with Crippen molar-refractivity contribution in [1.29, 1.82) is 0 Å². The summed E-state index contributed by atoms with van der Waals surface area (Å²) in [5, 5.41) is 0. The molecule has 20 heavy (non-hydrogen) atoms. The summed E-state index contributed by atoms with van der Waals surface area (Å²) in [5.41, 5.74) is 2.25. The molecule has 0 radical (unpaired) electrons. The van der Waals surface area contributed by atoms with Crippen LogP contribution in [-0.2, 0) is 0 Å². The number of rotatable bonds is 1. The van der Waals surface area contributed by atoms with E-state index in [1.54, 1.807) is 4.57 Å². The fraction of sp³-hybridized carbons (Fsp3) is 0.133. The minimum atomic E-state index is -0.164. The van der Waals surface area contributed by atoms with Gasteiger partial charge in [-0.1, -0.05) is 12.1 Å². The summed E-state index contributed by atoms with van der Waals surface area (Å²) in [6.45, 7) is 1.08. The van der Waals surface area contributed by atoms with E-state index in [-0.39, 0.29) is 5.69 Å². The maximum Gasteiger partial charge on any atom is 0.331 e. The van der Waals surface area contributed by atoms with E-state index in [0.29, 0.717) is 24.7 Å². The first-order valence-corrected chi connectivity index (χ1v) is 6.43. The average molecular weight is 268 g/mol. The summed E-state index contributed by atoms with van der Waals surface area (Å²) in [7, 11) is 0. The van der Waals surface area contributed by atoms with E-state index >= 15 is 0 Å². The van der Waals surface area contributed by atoms with E-state index in [0.717, 1.165) is 16.7 Å². The lowest BCUT2D eigenvalue weighted by molar-refractivity contribution is 0.171. The van der Waals surface area contributed by atoms with Crippen molar-refractivity contribution in [3.8, 4) is 17.2 Å². The second-order valence-electron chi connectivity index (χ2n) is 4.61. The van der Waals surface area contributed by atoms with Crippen LogP contribution in [0.3, 0.4) is 0 Å². The quantitative estimate of drug-likeness (QED) is 0.735. The van der Waals surface area contributed by atoms with Crippen LogP contribution >= 0.6 is 0 Å². The van der Waals surface area contributed by atoms with Gasteiger partial charge in [0, 0.05) is 6.07 Å². The van der Waals surface area contributed by atoms with Crippen LogP contribution in [0, 0.1) is 0 Å². The zero-order valence-electron chi connectivity index (χ0n) is 10.6. The number of benzene rings is 2. The molecule has 4 rings (SSSR count). The maximum atomic E-state index is 12.1. The monoisotopic (exact) mass is 268 g/mol. The number of nitrogens with one attached hydrogen (secondary N) is 1. The van der Waals surface area contributed by atoms with Crippen LogP contribution < -0.4 is 15.2 Å². The van der Waals surface area contributed by atoms with Crippen LogP contribution in [0.5, 0.6) is 11.5 Å². The van der Waals surface area contributed by atoms with Crippen molar-refractivity contribution in [2.24, 2.45) is 0 Å². The molecule has 5 heteroatoms. The van der Waals surface area contributed by atoms with Gasteiger partial charge in [-0.15, -0.1) is 0 Å². The molecule has 5 nitrogen and oxygen atoms in total. The predicted molar refractivity (Wildman–Crippen MR) is 74.9 cm³/mol. The van der Waals surface area contributed by atoms with E-state index in [1.165, 1.54) is 0 Å². The smallest absolute Gasteiger partial charge is 0.331 e. The summed E-state index contributed by atoms with van der Waals surface area (Å²) < 4.78 is 12.7. The fourth-order valence-corrected chi connectivity index (χ4v) is 2.48. The van der Waals surface area contributed by atoms with Crippen LogP contribution in [0.4, 0.5) is 0 Å². The second kappa shape index (κ2) is 4.16. The molecule has 2 aromatic carbocycles. The SMILES string of the molecule is O=c1[nH]c2ccccc2n1-c1ccc2c(c1)OCCO2. The van der Waals surface area contributed by atoms with E-state index in [2.05, 4.69) is 4.98 Å². The standard InChI is InChI=1S/C15H12N2O3/c18-15-16-11-3-1-2-4-12(11)17(15)10-5-6-13-14(9-10)20-8-7-19-13/h1-6,9H,7-8H2,(H,16,18). The summed E-state index contributed by atoms with van der Waals surface area (Å²) in [5.74, 6) is 1.39. The highest BCUT2D eigenvalue weighted by molar-refractivity contribution is 5.77. The van der Waals surface area contributed by atoms with Crippen molar-refractivity contribution in [2.75, 3.05) is 13.2 Å². The highest BCUT2D eigenvalue weighted by atomic mass is 16.6. The summed E-state index contributed by atoms with van der Waals surface area (Å²) >= 11 is 0. The minimum absolute atomic E-state index is 0.164. The molecule has 1 N–H and O–H groups in total. The molecule has 0 saturated carbocycles. The zero-order chi connectivity index (χ0) is 13.5. The van der Waals surface area contributed by atoms with Crippen LogP contribution in [0.2, 0.25) is 0 Å². The van der Waals surface area contributed by atoms with Gasteiger partial charge < -0.3 is 14.5 Å². The number of aromatic nitrogens is 2. The fourth-order valence-electron chi connectivity index (χ4n) is 2.48. The number of fused-ring (bicyclic) bond motifs is 2. The van der Waals surface area contributed by atoms with Gasteiger partial charge in [-0.2, -0.15) is 0 Å². The van der Waals surface area contributed by atoms with E-state index in [9.17, 15) is 4.79 Å². The number of nitrogens with zero attached hydrogens (tertiary/aromatic N) is 1. The molecule has 100 valence electrons. The lowest BCUT2D eigenvalue weighted by Gasteiger charge is -2.19. The van der Waals surface area contributed by atoms with Crippen molar-refractivity contribution < 1.29 is 9.47 Å². The van der Waals surface area contributed by atoms with Crippen LogP contribution in [0.25, 0.3) is 16.7 Å². The topological polar surface area (TPSA) is 56.2 Å². The Morgan fingerprint density at radius 2 is 1.80 bits per heavy atom. The van der Waals surface area contributed by atoms with Gasteiger partial charge in [0.15, 0.2) is 11.5 Å². The second-order valence-corrected chi connectivity index (χ2v) is 4.61. The van der Waals surface area contributed by atoms with E-state index in [1.807, 2.05) is 42.5 Å². The molecule has 0 unspecified atom stereocenters. The molecule has 1 aliphatic rings. The summed E-state index contributed by atoms with van der Waals surface area (Å²) in [6, 6.07) is 13.1. The van der Waals surface area contributed by atoms with E-state index < -0.39 is 0 Å². The molecule has 0 fully saturated rings. The molecular formula is C15H12N2O3. The lowest BCUT2D eigenvalue weighted by atomic mass is 10.2. The van der Waals surface area contributed by atoms with Gasteiger partial charge in [0.2, 0.25) is 0 Å². The molecule has 0 spiro atoms. The highest BCUT2D eigenvalue weighted by Crippen LogP contribution is 2.32. The van der Waals surface area contributed by atoms with Gasteiger partial charge in [-0.05, 0) is 24.3 Å². The molecule has 0 aliphatic carbocycles. The first-order valence-electron chi connectivity index (χ1n) is 6.43. The Labute approximate surface area is 114 Å². The van der Waals surface area contributed by atoms with Gasteiger partial charge in [-0.3, -0.25) is 4.57 Å². The predicted octanol–water partition coefficient (Wildman–Crippen LogP) is 2.09. The average Bonchev–Trinajstić information content (AvgIpc) is 2.82. The highest BCUT2D eigenvalue weighted by Gasteiger charge is 2.14. The van der Waals surface area contributed by atoms with Gasteiger partial charge in [0.05, 0.1) is 16.7 Å². The Balaban J connectivity index is 1.95. The molecule has 0 amide bonds. The summed E-state index contributed by atoms with van der Waals surface area (Å²) in [4.78, 5) is 15.0. The Bertz CT molecular complexity index is 848. The number of H-pyrrole nitrogens is 1. The number of imidazole rings is 1. The number of aromatic amines is 1. The molecule has 1 aromatic heterocycles. The minimum Gasteiger partial charge on any atom is -0.486 e. The molecule has 3 aromatic rings.